The van der Waals surface area contributed by atoms with E-state index in [-0.39, 0.29) is 0 Å². The molecular weight excluding hydrogens is 346 g/mol. The molecule has 3 rings (SSSR count). The highest BCUT2D eigenvalue weighted by Crippen LogP contribution is 2.15. The number of nitrogens with one attached hydrogen (secondary N) is 2. The summed E-state index contributed by atoms with van der Waals surface area (Å²) in [5.74, 6) is 3.06. The third kappa shape index (κ3) is 5.03. The molecule has 1 aliphatic heterocycles. The lowest BCUT2D eigenvalue weighted by Crippen LogP contribution is -2.38. The van der Waals surface area contributed by atoms with Crippen LogP contribution in [0.25, 0.3) is 0 Å². The van der Waals surface area contributed by atoms with E-state index in [1.54, 1.807) is 11.3 Å². The summed E-state index contributed by atoms with van der Waals surface area (Å²) in [4.78, 5) is 10.4. The van der Waals surface area contributed by atoms with Gasteiger partial charge in [0.1, 0.15) is 16.7 Å². The van der Waals surface area contributed by atoms with Crippen molar-refractivity contribution in [1.82, 2.24) is 30.4 Å². The van der Waals surface area contributed by atoms with E-state index >= 15 is 0 Å². The summed E-state index contributed by atoms with van der Waals surface area (Å²) in [6, 6.07) is 0. The Kier molecular flexibility index (Phi) is 6.99. The molecule has 0 unspecified atom stereocenters. The average molecular weight is 376 g/mol. The highest BCUT2D eigenvalue weighted by molar-refractivity contribution is 7.11. The number of aromatic nitrogens is 4. The van der Waals surface area contributed by atoms with Crippen LogP contribution in [0.3, 0.4) is 0 Å². The summed E-state index contributed by atoms with van der Waals surface area (Å²) in [7, 11) is 0. The van der Waals surface area contributed by atoms with Gasteiger partial charge in [0.25, 0.3) is 0 Å². The molecule has 0 fully saturated rings. The van der Waals surface area contributed by atoms with Crippen molar-refractivity contribution < 1.29 is 0 Å². The van der Waals surface area contributed by atoms with Crippen molar-refractivity contribution in [2.75, 3.05) is 13.1 Å². The lowest BCUT2D eigenvalue weighted by atomic mass is 10.2. The Morgan fingerprint density at radius 1 is 1.23 bits per heavy atom. The van der Waals surface area contributed by atoms with E-state index in [2.05, 4.69) is 49.2 Å². The van der Waals surface area contributed by atoms with Crippen molar-refractivity contribution in [3.8, 4) is 0 Å². The van der Waals surface area contributed by atoms with Gasteiger partial charge in [-0.15, -0.1) is 21.5 Å². The van der Waals surface area contributed by atoms with E-state index in [1.165, 1.54) is 24.1 Å². The van der Waals surface area contributed by atoms with Crippen molar-refractivity contribution >= 4 is 17.3 Å². The molecule has 0 spiro atoms. The van der Waals surface area contributed by atoms with Crippen LogP contribution in [0.1, 0.15) is 54.6 Å². The summed E-state index contributed by atoms with van der Waals surface area (Å²) < 4.78 is 2.31. The minimum absolute atomic E-state index is 0.611. The first kappa shape index (κ1) is 18.8. The van der Waals surface area contributed by atoms with Crippen LogP contribution in [0.5, 0.6) is 0 Å². The molecule has 2 aromatic heterocycles. The fourth-order valence-corrected chi connectivity index (χ4v) is 3.88. The molecule has 7 nitrogen and oxygen atoms in total. The standard InChI is InChI=1S/C18H29N7S/c1-3-14-12-21-17(26-14)13-22-18(19-4-2)20-10-9-16-24-23-15-8-6-5-7-11-25(15)16/h12H,3-11,13H2,1-2H3,(H2,19,20,22). The zero-order valence-electron chi connectivity index (χ0n) is 15.8. The summed E-state index contributed by atoms with van der Waals surface area (Å²) >= 11 is 1.74. The van der Waals surface area contributed by atoms with Gasteiger partial charge in [-0.2, -0.15) is 0 Å². The fraction of sp³-hybridized carbons (Fsp3) is 0.667. The third-order valence-corrected chi connectivity index (χ3v) is 5.62. The normalized spacial score (nSPS) is 14.8. The summed E-state index contributed by atoms with van der Waals surface area (Å²) in [5, 5.41) is 16.5. The molecular formula is C18H29N7S. The van der Waals surface area contributed by atoms with Crippen LogP contribution in [0, 0.1) is 0 Å². The Bertz CT molecular complexity index is 719. The van der Waals surface area contributed by atoms with Gasteiger partial charge in [0.2, 0.25) is 0 Å². The lowest BCUT2D eigenvalue weighted by Gasteiger charge is -2.11. The largest absolute Gasteiger partial charge is 0.357 e. The molecule has 2 N–H and O–H groups in total. The molecule has 142 valence electrons. The molecule has 8 heteroatoms. The van der Waals surface area contributed by atoms with Crippen LogP contribution in [-0.4, -0.2) is 38.8 Å². The van der Waals surface area contributed by atoms with Gasteiger partial charge in [0, 0.05) is 43.5 Å². The minimum atomic E-state index is 0.611. The zero-order chi connectivity index (χ0) is 18.2. The maximum atomic E-state index is 4.65. The average Bonchev–Trinajstić information content (AvgIpc) is 3.20. The molecule has 0 aromatic carbocycles. The molecule has 26 heavy (non-hydrogen) atoms. The molecule has 0 saturated heterocycles. The zero-order valence-corrected chi connectivity index (χ0v) is 16.6. The van der Waals surface area contributed by atoms with Crippen LogP contribution in [-0.2, 0) is 32.4 Å². The fourth-order valence-electron chi connectivity index (χ4n) is 3.10. The Morgan fingerprint density at radius 2 is 2.15 bits per heavy atom. The van der Waals surface area contributed by atoms with Gasteiger partial charge >= 0.3 is 0 Å². The number of guanidine groups is 1. The molecule has 3 heterocycles. The number of aliphatic imine (C=N–C) groups is 1. The van der Waals surface area contributed by atoms with E-state index in [0.717, 1.165) is 61.5 Å². The predicted octanol–water partition coefficient (Wildman–Crippen LogP) is 2.32. The Hall–Kier alpha value is -1.96. The van der Waals surface area contributed by atoms with Crippen molar-refractivity contribution in [2.45, 2.75) is 65.5 Å². The smallest absolute Gasteiger partial charge is 0.191 e. The summed E-state index contributed by atoms with van der Waals surface area (Å²) in [6.45, 7) is 7.52. The van der Waals surface area contributed by atoms with Crippen LogP contribution in [0.2, 0.25) is 0 Å². The van der Waals surface area contributed by atoms with Gasteiger partial charge in [0.05, 0.1) is 6.54 Å². The van der Waals surface area contributed by atoms with E-state index in [0.29, 0.717) is 6.54 Å². The van der Waals surface area contributed by atoms with Gasteiger partial charge < -0.3 is 15.2 Å². The van der Waals surface area contributed by atoms with Gasteiger partial charge in [-0.3, -0.25) is 0 Å². The van der Waals surface area contributed by atoms with Gasteiger partial charge in [-0.05, 0) is 26.2 Å². The SMILES string of the molecule is CCNC(=NCc1ncc(CC)s1)NCCc1nnc2n1CCCCC2. The molecule has 2 aromatic rings. The van der Waals surface area contributed by atoms with E-state index in [1.807, 2.05) is 6.20 Å². The highest BCUT2D eigenvalue weighted by atomic mass is 32.1. The van der Waals surface area contributed by atoms with Gasteiger partial charge in [-0.1, -0.05) is 13.3 Å². The topological polar surface area (TPSA) is 80.0 Å². The van der Waals surface area contributed by atoms with E-state index in [4.69, 9.17) is 0 Å². The second kappa shape index (κ2) is 9.66. The number of fused-ring (bicyclic) bond motifs is 1. The van der Waals surface area contributed by atoms with Crippen molar-refractivity contribution in [3.63, 3.8) is 0 Å². The lowest BCUT2D eigenvalue weighted by molar-refractivity contribution is 0.600. The first-order chi connectivity index (χ1) is 12.8. The predicted molar refractivity (Wildman–Crippen MR) is 106 cm³/mol. The number of thiazole rings is 1. The van der Waals surface area contributed by atoms with Crippen molar-refractivity contribution in [1.29, 1.82) is 0 Å². The van der Waals surface area contributed by atoms with E-state index in [9.17, 15) is 0 Å². The molecule has 0 aliphatic carbocycles. The molecule has 1 aliphatic rings. The van der Waals surface area contributed by atoms with Crippen LogP contribution >= 0.6 is 11.3 Å². The number of aryl methyl sites for hydroxylation is 2. The monoisotopic (exact) mass is 375 g/mol. The molecule has 0 bridgehead atoms. The van der Waals surface area contributed by atoms with Crippen LogP contribution in [0.4, 0.5) is 0 Å². The maximum absolute atomic E-state index is 4.65. The molecule has 0 atom stereocenters. The van der Waals surface area contributed by atoms with Gasteiger partial charge in [0.15, 0.2) is 5.96 Å². The Morgan fingerprint density at radius 3 is 2.96 bits per heavy atom. The minimum Gasteiger partial charge on any atom is -0.357 e. The van der Waals surface area contributed by atoms with Crippen molar-refractivity contribution in [3.05, 3.63) is 27.7 Å². The Labute approximate surface area is 159 Å². The number of hydrogen-bond donors (Lipinski definition) is 2. The summed E-state index contributed by atoms with van der Waals surface area (Å²) in [6.07, 6.45) is 8.63. The van der Waals surface area contributed by atoms with Gasteiger partial charge in [-0.25, -0.2) is 9.98 Å². The summed E-state index contributed by atoms with van der Waals surface area (Å²) in [5.41, 5.74) is 0. The molecule has 0 radical (unpaired) electrons. The first-order valence-electron chi connectivity index (χ1n) is 9.66. The Balaban J connectivity index is 1.53. The van der Waals surface area contributed by atoms with Crippen molar-refractivity contribution in [2.24, 2.45) is 4.99 Å². The third-order valence-electron chi connectivity index (χ3n) is 4.49. The van der Waals surface area contributed by atoms with Crippen LogP contribution < -0.4 is 10.6 Å². The second-order valence-corrected chi connectivity index (χ2v) is 7.64. The quantitative estimate of drug-likeness (QED) is 0.573. The number of nitrogens with zero attached hydrogens (tertiary/aromatic N) is 5. The second-order valence-electron chi connectivity index (χ2n) is 6.44. The molecule has 0 saturated carbocycles. The van der Waals surface area contributed by atoms with Crippen LogP contribution in [0.15, 0.2) is 11.2 Å². The van der Waals surface area contributed by atoms with E-state index < -0.39 is 0 Å². The number of rotatable bonds is 7. The number of hydrogen-bond acceptors (Lipinski definition) is 5. The maximum Gasteiger partial charge on any atom is 0.191 e. The first-order valence-corrected chi connectivity index (χ1v) is 10.5. The molecule has 0 amide bonds. The highest BCUT2D eigenvalue weighted by Gasteiger charge is 2.14.